The largest absolute Gasteiger partial charge is 0.548 e. The molecule has 1 aromatic carbocycles. The van der Waals surface area contributed by atoms with E-state index in [1.807, 2.05) is 0 Å². The van der Waals surface area contributed by atoms with Gasteiger partial charge in [-0.1, -0.05) is 23.2 Å². The Bertz CT molecular complexity index is 1480. The van der Waals surface area contributed by atoms with Crippen LogP contribution in [0, 0.1) is 0 Å². The third-order valence-electron chi connectivity index (χ3n) is 6.22. The molecule has 2 aromatic rings. The summed E-state index contributed by atoms with van der Waals surface area (Å²) in [4.78, 5) is 63.2. The molecule has 2 aliphatic heterocycles. The minimum absolute atomic E-state index is 0.00448. The quantitative estimate of drug-likeness (QED) is 0.128. The normalized spacial score (nSPS) is 18.4. The van der Waals surface area contributed by atoms with Crippen LogP contribution in [0.2, 0.25) is 10.0 Å². The fraction of sp³-hybridized carbons (Fsp3) is 0.308. The Labute approximate surface area is 268 Å². The van der Waals surface area contributed by atoms with Crippen molar-refractivity contribution in [3.05, 3.63) is 64.0 Å². The van der Waals surface area contributed by atoms with Gasteiger partial charge in [-0.2, -0.15) is 4.57 Å². The van der Waals surface area contributed by atoms with Crippen LogP contribution < -0.4 is 20.3 Å². The molecule has 0 aliphatic carbocycles. The number of hydrogen-bond acceptors (Lipinski definition) is 10. The van der Waals surface area contributed by atoms with Crippen molar-refractivity contribution in [2.75, 3.05) is 23.9 Å². The van der Waals surface area contributed by atoms with Crippen molar-refractivity contribution in [1.82, 2.24) is 15.5 Å². The van der Waals surface area contributed by atoms with Crippen LogP contribution in [0.4, 0.5) is 0 Å². The highest BCUT2D eigenvalue weighted by Gasteiger charge is 2.54. The second-order valence-corrected chi connectivity index (χ2v) is 13.2. The summed E-state index contributed by atoms with van der Waals surface area (Å²) in [7, 11) is 0. The smallest absolute Gasteiger partial charge is 0.352 e. The maximum atomic E-state index is 13.0. The number of halogens is 2. The molecule has 1 fully saturated rings. The molecule has 17 heteroatoms. The predicted octanol–water partition coefficient (Wildman–Crippen LogP) is 0.131. The Morgan fingerprint density at radius 3 is 2.51 bits per heavy atom. The van der Waals surface area contributed by atoms with Gasteiger partial charge < -0.3 is 30.7 Å². The van der Waals surface area contributed by atoms with E-state index < -0.39 is 53.7 Å². The lowest BCUT2D eigenvalue weighted by Crippen LogP contribution is -2.70. The van der Waals surface area contributed by atoms with Crippen molar-refractivity contribution in [2.24, 2.45) is 0 Å². The van der Waals surface area contributed by atoms with E-state index in [1.165, 1.54) is 44.8 Å². The number of carbonyl (C=O) groups excluding carboxylic acids is 4. The predicted molar refractivity (Wildman–Crippen MR) is 158 cm³/mol. The molecule has 3 amide bonds. The molecule has 3 heterocycles. The number of pyridine rings is 1. The highest BCUT2D eigenvalue weighted by Crippen LogP contribution is 2.41. The molecular weight excluding hydrogens is 663 g/mol. The van der Waals surface area contributed by atoms with Crippen molar-refractivity contribution in [1.29, 1.82) is 0 Å². The first-order chi connectivity index (χ1) is 20.5. The lowest BCUT2D eigenvalue weighted by atomic mass is 10.0. The minimum atomic E-state index is -1.59. The third-order valence-corrected chi connectivity index (χ3v) is 10.4. The number of carboxylic acids is 2. The standard InChI is InChI=1S/C26H24Cl2N4O8S3/c27-14-1-2-16(28)18(7-14)42-12-20(35)30-21-23(36)32-22(26(39)40)13(11-43-24(21)32)10-41-15-3-5-31(6-4-15)8-19(34)29-17(9-33)25(37)38/h1-7,17,21,24,33H,8-12H2,(H3-,29,30,34,35,37,38,39,40)/t17?,21-,24-/m1/s1. The minimum Gasteiger partial charge on any atom is -0.548 e. The van der Waals surface area contributed by atoms with Crippen LogP contribution in [-0.4, -0.2) is 86.1 Å². The van der Waals surface area contributed by atoms with Gasteiger partial charge in [0.15, 0.2) is 12.4 Å². The van der Waals surface area contributed by atoms with Gasteiger partial charge in [0.25, 0.3) is 11.8 Å². The number of amides is 3. The molecule has 1 unspecified atom stereocenters. The number of aliphatic hydroxyl groups is 1. The molecule has 0 saturated carbocycles. The van der Waals surface area contributed by atoms with E-state index in [0.717, 1.165) is 4.90 Å². The SMILES string of the molecule is O=C(C[n+]1ccc(SCC2=C(C(=O)O)N3C(=O)[C@@H](NC(=O)CSc4cc(Cl)ccc4Cl)[C@H]3SC2)cc1)NC(CO)C(=O)[O-]. The van der Waals surface area contributed by atoms with Gasteiger partial charge in [0.2, 0.25) is 12.5 Å². The van der Waals surface area contributed by atoms with Crippen molar-refractivity contribution in [2.45, 2.75) is 33.8 Å². The number of carbonyl (C=O) groups is 5. The number of aromatic nitrogens is 1. The third kappa shape index (κ3) is 8.16. The molecule has 0 spiro atoms. The zero-order valence-electron chi connectivity index (χ0n) is 22.0. The van der Waals surface area contributed by atoms with Gasteiger partial charge in [-0.25, -0.2) is 4.79 Å². The van der Waals surface area contributed by atoms with Crippen molar-refractivity contribution >= 4 is 88.1 Å². The number of aliphatic hydroxyl groups excluding tert-OH is 1. The number of β-lactam (4-membered cyclic amide) rings is 1. The Hall–Kier alpha value is -2.95. The van der Waals surface area contributed by atoms with E-state index in [0.29, 0.717) is 26.3 Å². The summed E-state index contributed by atoms with van der Waals surface area (Å²) in [5.74, 6) is -3.73. The topological polar surface area (TPSA) is 180 Å². The Balaban J connectivity index is 1.32. The second-order valence-electron chi connectivity index (χ2n) is 9.19. The van der Waals surface area contributed by atoms with E-state index in [2.05, 4.69) is 10.6 Å². The van der Waals surface area contributed by atoms with Gasteiger partial charge in [0.05, 0.1) is 29.4 Å². The maximum Gasteiger partial charge on any atom is 0.352 e. The summed E-state index contributed by atoms with van der Waals surface area (Å²) in [6, 6.07) is 5.95. The number of nitrogens with one attached hydrogen (secondary N) is 2. The fourth-order valence-electron chi connectivity index (χ4n) is 4.14. The molecule has 4 rings (SSSR count). The molecule has 0 radical (unpaired) electrons. The molecule has 3 atom stereocenters. The van der Waals surface area contributed by atoms with Gasteiger partial charge in [-0.05, 0) is 23.8 Å². The highest BCUT2D eigenvalue weighted by molar-refractivity contribution is 8.01. The summed E-state index contributed by atoms with van der Waals surface area (Å²) in [6.45, 7) is -0.984. The number of fused-ring (bicyclic) bond motifs is 1. The molecule has 0 bridgehead atoms. The molecular formula is C26H24Cl2N4O8S3. The lowest BCUT2D eigenvalue weighted by molar-refractivity contribution is -0.684. The number of carboxylic acid groups (broad SMARTS) is 2. The van der Waals surface area contributed by atoms with E-state index in [9.17, 15) is 34.2 Å². The van der Waals surface area contributed by atoms with Crippen LogP contribution >= 0.6 is 58.5 Å². The maximum absolute atomic E-state index is 13.0. The zero-order chi connectivity index (χ0) is 31.3. The monoisotopic (exact) mass is 686 g/mol. The van der Waals surface area contributed by atoms with Gasteiger partial charge in [-0.3, -0.25) is 19.3 Å². The van der Waals surface area contributed by atoms with Crippen LogP contribution in [0.25, 0.3) is 0 Å². The van der Waals surface area contributed by atoms with Crippen LogP contribution in [0.5, 0.6) is 0 Å². The van der Waals surface area contributed by atoms with E-state index >= 15 is 0 Å². The fourth-order valence-corrected chi connectivity index (χ4v) is 7.81. The summed E-state index contributed by atoms with van der Waals surface area (Å²) in [6.07, 6.45) is 3.19. The van der Waals surface area contributed by atoms with Crippen molar-refractivity contribution in [3.63, 3.8) is 0 Å². The van der Waals surface area contributed by atoms with Crippen LogP contribution in [-0.2, 0) is 30.5 Å². The van der Waals surface area contributed by atoms with Gasteiger partial charge in [-0.15, -0.1) is 35.3 Å². The molecule has 2 aliphatic rings. The first-order valence-corrected chi connectivity index (χ1v) is 16.3. The number of benzene rings is 1. The Morgan fingerprint density at radius 1 is 1.14 bits per heavy atom. The molecule has 1 saturated heterocycles. The molecule has 228 valence electrons. The van der Waals surface area contributed by atoms with Gasteiger partial charge in [0.1, 0.15) is 17.1 Å². The zero-order valence-corrected chi connectivity index (χ0v) is 26.0. The van der Waals surface area contributed by atoms with E-state index in [4.69, 9.17) is 28.3 Å². The van der Waals surface area contributed by atoms with E-state index in [1.54, 1.807) is 42.7 Å². The van der Waals surface area contributed by atoms with E-state index in [-0.39, 0.29) is 23.7 Å². The second kappa shape index (κ2) is 14.7. The molecule has 12 nitrogen and oxygen atoms in total. The van der Waals surface area contributed by atoms with Crippen LogP contribution in [0.1, 0.15) is 0 Å². The first-order valence-electron chi connectivity index (χ1n) is 12.5. The number of aliphatic carboxylic acids is 2. The number of rotatable bonds is 13. The first kappa shape index (κ1) is 33.0. The average Bonchev–Trinajstić information content (AvgIpc) is 2.97. The summed E-state index contributed by atoms with van der Waals surface area (Å²) in [5.41, 5.74) is 0.456. The Kier molecular flexibility index (Phi) is 11.3. The summed E-state index contributed by atoms with van der Waals surface area (Å²) in [5, 5.41) is 35.0. The number of nitrogens with zero attached hydrogens (tertiary/aromatic N) is 2. The summed E-state index contributed by atoms with van der Waals surface area (Å²) >= 11 is 16.0. The van der Waals surface area contributed by atoms with Crippen molar-refractivity contribution < 1.29 is 43.9 Å². The number of hydrogen-bond donors (Lipinski definition) is 4. The van der Waals surface area contributed by atoms with Crippen molar-refractivity contribution in [3.8, 4) is 0 Å². The van der Waals surface area contributed by atoms with Crippen LogP contribution in [0.15, 0.2) is 63.8 Å². The van der Waals surface area contributed by atoms with Gasteiger partial charge >= 0.3 is 5.97 Å². The van der Waals surface area contributed by atoms with Gasteiger partial charge in [0, 0.05) is 38.5 Å². The number of thioether (sulfide) groups is 3. The Morgan fingerprint density at radius 2 is 1.86 bits per heavy atom. The van der Waals surface area contributed by atoms with Crippen LogP contribution in [0.3, 0.4) is 0 Å². The lowest BCUT2D eigenvalue weighted by Gasteiger charge is -2.49. The molecule has 4 N–H and O–H groups in total. The summed E-state index contributed by atoms with van der Waals surface area (Å²) < 4.78 is 1.50. The average molecular weight is 688 g/mol. The molecule has 43 heavy (non-hydrogen) atoms. The molecule has 1 aromatic heterocycles. The highest BCUT2D eigenvalue weighted by atomic mass is 35.5.